The van der Waals surface area contributed by atoms with Crippen molar-refractivity contribution in [3.63, 3.8) is 0 Å². The van der Waals surface area contributed by atoms with Crippen molar-refractivity contribution in [2.75, 3.05) is 28.8 Å². The Morgan fingerprint density at radius 2 is 1.05 bits per heavy atom. The molecule has 0 saturated carbocycles. The quantitative estimate of drug-likeness (QED) is 0.169. The first-order valence-corrected chi connectivity index (χ1v) is 14.2. The Balaban J connectivity index is 0.000000602. The fourth-order valence-electron chi connectivity index (χ4n) is 3.65. The van der Waals surface area contributed by atoms with E-state index in [9.17, 15) is 0 Å². The molecule has 0 spiro atoms. The Morgan fingerprint density at radius 3 is 1.36 bits per heavy atom. The Hall–Kier alpha value is -3.68. The van der Waals surface area contributed by atoms with Gasteiger partial charge in [0.05, 0.1) is 5.69 Å². The number of halogens is 1. The van der Waals surface area contributed by atoms with E-state index in [1.807, 2.05) is 101 Å². The van der Waals surface area contributed by atoms with Crippen molar-refractivity contribution < 1.29 is 17.3 Å². The first-order chi connectivity index (χ1) is 19.0. The monoisotopic (exact) mass is 629 g/mol. The van der Waals surface area contributed by atoms with Gasteiger partial charge in [-0.3, -0.25) is 0 Å². The van der Waals surface area contributed by atoms with E-state index >= 15 is 0 Å². The van der Waals surface area contributed by atoms with Crippen molar-refractivity contribution >= 4 is 50.8 Å². The van der Waals surface area contributed by atoms with Crippen LogP contribution in [0, 0.1) is 13.3 Å². The first-order valence-electron chi connectivity index (χ1n) is 12.0. The van der Waals surface area contributed by atoms with E-state index < -0.39 is 0 Å². The minimum atomic E-state index is 0.848. The molecule has 39 heavy (non-hydrogen) atoms. The fraction of sp³-hybridized carbons (Fsp3) is 0.138. The van der Waals surface area contributed by atoms with Crippen LogP contribution < -0.4 is 14.7 Å². The van der Waals surface area contributed by atoms with E-state index in [2.05, 4.69) is 75.3 Å². The molecule has 0 fully saturated rings. The molecule has 0 unspecified atom stereocenters. The molecule has 2 aromatic carbocycles. The minimum absolute atomic E-state index is 0.848. The number of para-hydroxylation sites is 2. The van der Waals surface area contributed by atoms with Gasteiger partial charge in [0.25, 0.3) is 0 Å². The second kappa shape index (κ2) is 17.0. The van der Waals surface area contributed by atoms with E-state index in [0.717, 1.165) is 41.1 Å². The third-order valence-electron chi connectivity index (χ3n) is 5.14. The number of pyridine rings is 1. The normalized spacial score (nSPS) is 13.0. The van der Waals surface area contributed by atoms with Crippen LogP contribution in [0.5, 0.6) is 0 Å². The van der Waals surface area contributed by atoms with Crippen LogP contribution in [0.2, 0.25) is 0 Å². The maximum absolute atomic E-state index is 7.44. The number of hydrogen-bond donors (Lipinski definition) is 0. The molecule has 1 aromatic heterocycles. The van der Waals surface area contributed by atoms with Crippen molar-refractivity contribution in [2.45, 2.75) is 13.8 Å². The van der Waals surface area contributed by atoms with E-state index in [-0.39, 0.29) is 0 Å². The van der Waals surface area contributed by atoms with E-state index in [0.29, 0.717) is 0 Å². The Kier molecular flexibility index (Phi) is 13.8. The molecule has 10 heteroatoms. The maximum atomic E-state index is 7.44. The number of hydrogen-bond acceptors (Lipinski definition) is 6. The molecular formula is C29H32ClN8Ru-4. The predicted octanol–water partition coefficient (Wildman–Crippen LogP) is 7.22. The van der Waals surface area contributed by atoms with Crippen LogP contribution in [-0.2, 0) is 17.3 Å². The molecule has 0 bridgehead atoms. The predicted molar refractivity (Wildman–Crippen MR) is 162 cm³/mol. The van der Waals surface area contributed by atoms with Crippen LogP contribution in [0.1, 0.15) is 13.8 Å². The SMILES string of the molecule is CC=[N-].CC=[N-].CN1C=CN(c2cc(N(c3ccccc3)c3ccccc3)cc(N3C=CN(C)[CH-]3)n2)[CH-]1.[Cl][Ru]. The van der Waals surface area contributed by atoms with Crippen LogP contribution in [0.15, 0.2) is 97.6 Å². The molecule has 2 aliphatic rings. The van der Waals surface area contributed by atoms with Crippen molar-refractivity contribution in [3.8, 4) is 0 Å². The fourth-order valence-corrected chi connectivity index (χ4v) is 3.65. The molecule has 0 atom stereocenters. The van der Waals surface area contributed by atoms with Crippen LogP contribution in [-0.4, -0.2) is 41.3 Å². The number of benzene rings is 2. The van der Waals surface area contributed by atoms with Crippen LogP contribution in [0.4, 0.5) is 28.7 Å². The summed E-state index contributed by atoms with van der Waals surface area (Å²) in [5.74, 6) is 1.70. The summed E-state index contributed by atoms with van der Waals surface area (Å²) in [5, 5.41) is 14.9. The third-order valence-corrected chi connectivity index (χ3v) is 5.14. The van der Waals surface area contributed by atoms with Gasteiger partial charge in [0.2, 0.25) is 0 Å². The summed E-state index contributed by atoms with van der Waals surface area (Å²) >= 11 is 1.82. The van der Waals surface area contributed by atoms with Gasteiger partial charge in [-0.05, 0) is 63.2 Å². The van der Waals surface area contributed by atoms with Crippen LogP contribution in [0.25, 0.3) is 10.8 Å². The molecule has 207 valence electrons. The Bertz CT molecular complexity index is 1120. The van der Waals surface area contributed by atoms with Gasteiger partial charge < -0.3 is 35.3 Å². The second-order valence-electron chi connectivity index (χ2n) is 8.04. The topological polar surface area (TPSA) is 73.7 Å². The van der Waals surface area contributed by atoms with E-state index in [1.165, 1.54) is 0 Å². The summed E-state index contributed by atoms with van der Waals surface area (Å²) in [6, 6.07) is 25.1. The zero-order valence-electron chi connectivity index (χ0n) is 22.4. The molecule has 2 aliphatic heterocycles. The standard InChI is InChI=1S/C25H24N6.2C2H4N.ClH.Ru/c1-27-13-15-29(19-27)24-17-23(18-25(26-24)30-16-14-28(2)20-30)31(21-9-5-3-6-10-21)22-11-7-4-8-12-22;2*1-2-3;;/h3-20H,1-2H3;2*2H,1H3;1H;/q-2;2*-1;;+1/p-1. The van der Waals surface area contributed by atoms with Crippen molar-refractivity contribution in [1.82, 2.24) is 14.8 Å². The van der Waals surface area contributed by atoms with Gasteiger partial charge in [-0.1, -0.05) is 50.2 Å². The van der Waals surface area contributed by atoms with Gasteiger partial charge in [0.1, 0.15) is 11.6 Å². The molecule has 0 N–H and O–H groups in total. The zero-order chi connectivity index (χ0) is 28.6. The third kappa shape index (κ3) is 9.23. The Labute approximate surface area is 246 Å². The Morgan fingerprint density at radius 1 is 0.692 bits per heavy atom. The molecule has 3 aromatic rings. The average Bonchev–Trinajstić information content (AvgIpc) is 3.60. The second-order valence-corrected chi connectivity index (χ2v) is 8.04. The summed E-state index contributed by atoms with van der Waals surface area (Å²) in [6.07, 6.45) is 10.0. The van der Waals surface area contributed by atoms with Gasteiger partial charge in [0.15, 0.2) is 0 Å². The average molecular weight is 629 g/mol. The molecule has 5 rings (SSSR count). The van der Waals surface area contributed by atoms with Gasteiger partial charge in [-0.2, -0.15) is 0 Å². The van der Waals surface area contributed by atoms with Gasteiger partial charge in [0, 0.05) is 23.5 Å². The number of rotatable bonds is 5. The van der Waals surface area contributed by atoms with Crippen molar-refractivity contribution in [1.29, 1.82) is 0 Å². The van der Waals surface area contributed by atoms with Crippen LogP contribution in [0.3, 0.4) is 0 Å². The summed E-state index contributed by atoms with van der Waals surface area (Å²) < 4.78 is 0. The van der Waals surface area contributed by atoms with Gasteiger partial charge in [-0.25, -0.2) is 17.4 Å². The summed E-state index contributed by atoms with van der Waals surface area (Å²) in [4.78, 5) is 15.3. The molecule has 3 heterocycles. The zero-order valence-corrected chi connectivity index (χ0v) is 24.9. The molecule has 0 amide bonds. The molecule has 0 radical (unpaired) electrons. The molecule has 8 nitrogen and oxygen atoms in total. The molecule has 0 aliphatic carbocycles. The molecule has 0 saturated heterocycles. The van der Waals surface area contributed by atoms with E-state index in [1.54, 1.807) is 13.8 Å². The van der Waals surface area contributed by atoms with Crippen molar-refractivity contribution in [3.05, 3.63) is 122 Å². The summed E-state index contributed by atoms with van der Waals surface area (Å²) in [6.45, 7) is 7.14. The summed E-state index contributed by atoms with van der Waals surface area (Å²) in [7, 11) is 8.58. The van der Waals surface area contributed by atoms with E-state index in [4.69, 9.17) is 15.8 Å². The first kappa shape index (κ1) is 31.5. The summed E-state index contributed by atoms with van der Waals surface area (Å²) in [5.41, 5.74) is 3.21. The number of nitrogens with zero attached hydrogens (tertiary/aromatic N) is 8. The van der Waals surface area contributed by atoms with Crippen LogP contribution >= 0.6 is 9.69 Å². The number of aromatic nitrogens is 1. The number of anilines is 5. The van der Waals surface area contributed by atoms with Crippen molar-refractivity contribution in [2.24, 2.45) is 0 Å². The van der Waals surface area contributed by atoms with Gasteiger partial charge >= 0.3 is 27.0 Å². The molecular weight excluding hydrogens is 597 g/mol. The van der Waals surface area contributed by atoms with Gasteiger partial charge in [-0.15, -0.1) is 13.3 Å².